The van der Waals surface area contributed by atoms with E-state index in [0.29, 0.717) is 5.82 Å². The minimum Gasteiger partial charge on any atom is -0.467 e. The standard InChI is InChI=1S/C27H27FN6O3/c28-21-14-7-8-15-22(21)34(24(35)18-33-31-26(30-32-33)19-10-3-1-4-11-19)25(23-16-9-17-37-23)27(36)29-20-12-5-2-6-13-20/h1,3-4,7-11,14-17,20,25H,2,5-6,12-13,18H2,(H,29,36). The van der Waals surface area contributed by atoms with Crippen LogP contribution in [0.15, 0.2) is 77.4 Å². The van der Waals surface area contributed by atoms with Gasteiger partial charge in [0.05, 0.1) is 12.0 Å². The van der Waals surface area contributed by atoms with Gasteiger partial charge in [-0.25, -0.2) is 4.39 Å². The van der Waals surface area contributed by atoms with Crippen LogP contribution < -0.4 is 10.2 Å². The zero-order chi connectivity index (χ0) is 25.6. The number of para-hydroxylation sites is 1. The average molecular weight is 503 g/mol. The van der Waals surface area contributed by atoms with Gasteiger partial charge in [0.25, 0.3) is 11.8 Å². The molecule has 0 aliphatic heterocycles. The number of halogens is 1. The van der Waals surface area contributed by atoms with Gasteiger partial charge in [-0.2, -0.15) is 4.80 Å². The Balaban J connectivity index is 1.48. The lowest BCUT2D eigenvalue weighted by Crippen LogP contribution is -2.48. The van der Waals surface area contributed by atoms with Gasteiger partial charge < -0.3 is 9.73 Å². The number of furan rings is 1. The topological polar surface area (TPSA) is 106 Å². The van der Waals surface area contributed by atoms with Gasteiger partial charge in [0.15, 0.2) is 6.04 Å². The number of rotatable bonds is 8. The average Bonchev–Trinajstić information content (AvgIpc) is 3.61. The summed E-state index contributed by atoms with van der Waals surface area (Å²) in [5.41, 5.74) is 0.698. The largest absolute Gasteiger partial charge is 0.467 e. The number of nitrogens with zero attached hydrogens (tertiary/aromatic N) is 5. The lowest BCUT2D eigenvalue weighted by molar-refractivity contribution is -0.128. The second kappa shape index (κ2) is 11.2. The molecule has 0 spiro atoms. The molecule has 0 saturated heterocycles. The molecular weight excluding hydrogens is 475 g/mol. The van der Waals surface area contributed by atoms with Crippen LogP contribution in [0.2, 0.25) is 0 Å². The van der Waals surface area contributed by atoms with Crippen molar-refractivity contribution in [1.82, 2.24) is 25.5 Å². The number of benzene rings is 2. The first-order chi connectivity index (χ1) is 18.1. The molecule has 5 rings (SSSR count). The zero-order valence-electron chi connectivity index (χ0n) is 20.2. The monoisotopic (exact) mass is 502 g/mol. The third kappa shape index (κ3) is 5.58. The SMILES string of the molecule is O=C(NC1CCCCC1)C(c1ccco1)N(C(=O)Cn1nnc(-c2ccccc2)n1)c1ccccc1F. The van der Waals surface area contributed by atoms with Gasteiger partial charge in [-0.1, -0.05) is 61.7 Å². The fraction of sp³-hybridized carbons (Fsp3) is 0.296. The summed E-state index contributed by atoms with van der Waals surface area (Å²) in [6.45, 7) is -0.359. The van der Waals surface area contributed by atoms with Crippen LogP contribution in [0.25, 0.3) is 11.4 Å². The fourth-order valence-corrected chi connectivity index (χ4v) is 4.62. The smallest absolute Gasteiger partial charge is 0.251 e. The van der Waals surface area contributed by atoms with E-state index < -0.39 is 23.7 Å². The highest BCUT2D eigenvalue weighted by atomic mass is 19.1. The number of carbonyl (C=O) groups excluding carboxylic acids is 2. The molecule has 1 aliphatic rings. The highest BCUT2D eigenvalue weighted by Crippen LogP contribution is 2.31. The molecule has 4 aromatic rings. The van der Waals surface area contributed by atoms with Crippen LogP contribution in [0.3, 0.4) is 0 Å². The Morgan fingerprint density at radius 1 is 1.03 bits per heavy atom. The lowest BCUT2D eigenvalue weighted by atomic mass is 9.95. The number of amides is 2. The Labute approximate surface area is 213 Å². The maximum atomic E-state index is 15.1. The number of hydrogen-bond donors (Lipinski definition) is 1. The number of aromatic nitrogens is 4. The first kappa shape index (κ1) is 24.4. The third-order valence-corrected chi connectivity index (χ3v) is 6.41. The van der Waals surface area contributed by atoms with Gasteiger partial charge in [-0.15, -0.1) is 10.2 Å². The summed E-state index contributed by atoms with van der Waals surface area (Å²) in [4.78, 5) is 29.7. The molecule has 2 aromatic carbocycles. The molecule has 0 bridgehead atoms. The van der Waals surface area contributed by atoms with Crippen molar-refractivity contribution in [3.63, 3.8) is 0 Å². The Morgan fingerprint density at radius 2 is 1.78 bits per heavy atom. The van der Waals surface area contributed by atoms with E-state index in [1.165, 1.54) is 24.5 Å². The summed E-state index contributed by atoms with van der Waals surface area (Å²) in [5, 5.41) is 15.4. The molecule has 1 atom stereocenters. The molecule has 2 aromatic heterocycles. The van der Waals surface area contributed by atoms with E-state index >= 15 is 4.39 Å². The zero-order valence-corrected chi connectivity index (χ0v) is 20.2. The molecule has 9 nitrogen and oxygen atoms in total. The van der Waals surface area contributed by atoms with E-state index in [4.69, 9.17) is 4.42 Å². The highest BCUT2D eigenvalue weighted by Gasteiger charge is 2.37. The van der Waals surface area contributed by atoms with Crippen molar-refractivity contribution < 1.29 is 18.4 Å². The predicted octanol–water partition coefficient (Wildman–Crippen LogP) is 4.30. The van der Waals surface area contributed by atoms with E-state index in [1.54, 1.807) is 18.2 Å². The molecule has 2 amide bonds. The van der Waals surface area contributed by atoms with Crippen molar-refractivity contribution >= 4 is 17.5 Å². The Bertz CT molecular complexity index is 1340. The molecule has 1 unspecified atom stereocenters. The van der Waals surface area contributed by atoms with E-state index in [0.717, 1.165) is 47.4 Å². The Morgan fingerprint density at radius 3 is 2.51 bits per heavy atom. The molecule has 1 saturated carbocycles. The summed E-state index contributed by atoms with van der Waals surface area (Å²) in [7, 11) is 0. The van der Waals surface area contributed by atoms with E-state index in [2.05, 4.69) is 20.7 Å². The van der Waals surface area contributed by atoms with Crippen LogP contribution in [0.1, 0.15) is 43.9 Å². The van der Waals surface area contributed by atoms with Crippen molar-refractivity contribution in [2.45, 2.75) is 50.7 Å². The maximum Gasteiger partial charge on any atom is 0.251 e. The van der Waals surface area contributed by atoms with Crippen molar-refractivity contribution in [1.29, 1.82) is 0 Å². The summed E-state index contributed by atoms with van der Waals surface area (Å²) >= 11 is 0. The van der Waals surface area contributed by atoms with Crippen LogP contribution in [-0.2, 0) is 16.1 Å². The molecule has 37 heavy (non-hydrogen) atoms. The minimum atomic E-state index is -1.22. The van der Waals surface area contributed by atoms with Crippen LogP contribution >= 0.6 is 0 Å². The van der Waals surface area contributed by atoms with Gasteiger partial charge in [0.1, 0.15) is 18.1 Å². The first-order valence-electron chi connectivity index (χ1n) is 12.3. The lowest BCUT2D eigenvalue weighted by Gasteiger charge is -2.32. The number of nitrogens with one attached hydrogen (secondary N) is 1. The van der Waals surface area contributed by atoms with Crippen LogP contribution in [-0.4, -0.2) is 38.1 Å². The van der Waals surface area contributed by atoms with Crippen molar-refractivity contribution in [2.24, 2.45) is 0 Å². The number of carbonyl (C=O) groups is 2. The normalized spacial score (nSPS) is 14.7. The van der Waals surface area contributed by atoms with Gasteiger partial charge in [-0.3, -0.25) is 14.5 Å². The van der Waals surface area contributed by atoms with E-state index in [9.17, 15) is 9.59 Å². The molecule has 1 aliphatic carbocycles. The van der Waals surface area contributed by atoms with Crippen molar-refractivity contribution in [3.8, 4) is 11.4 Å². The second-order valence-electron chi connectivity index (χ2n) is 8.99. The predicted molar refractivity (Wildman–Crippen MR) is 134 cm³/mol. The second-order valence-corrected chi connectivity index (χ2v) is 8.99. The van der Waals surface area contributed by atoms with Crippen LogP contribution in [0.5, 0.6) is 0 Å². The summed E-state index contributed by atoms with van der Waals surface area (Å²) in [6.07, 6.45) is 6.31. The first-order valence-corrected chi connectivity index (χ1v) is 12.3. The van der Waals surface area contributed by atoms with Crippen molar-refractivity contribution in [2.75, 3.05) is 4.90 Å². The highest BCUT2D eigenvalue weighted by molar-refractivity contribution is 6.01. The Kier molecular flexibility index (Phi) is 7.34. The number of anilines is 1. The van der Waals surface area contributed by atoms with E-state index in [1.807, 2.05) is 30.3 Å². The minimum absolute atomic E-state index is 0.0123. The van der Waals surface area contributed by atoms with Gasteiger partial charge in [0, 0.05) is 11.6 Å². The molecule has 190 valence electrons. The summed E-state index contributed by atoms with van der Waals surface area (Å²) < 4.78 is 20.7. The number of hydrogen-bond acceptors (Lipinski definition) is 6. The van der Waals surface area contributed by atoms with E-state index in [-0.39, 0.29) is 24.0 Å². The molecular formula is C27H27FN6O3. The van der Waals surface area contributed by atoms with Crippen LogP contribution in [0, 0.1) is 5.82 Å². The number of tetrazole rings is 1. The molecule has 0 radical (unpaired) electrons. The summed E-state index contributed by atoms with van der Waals surface area (Å²) in [6, 6.07) is 17.1. The third-order valence-electron chi connectivity index (χ3n) is 6.41. The molecule has 2 heterocycles. The van der Waals surface area contributed by atoms with Crippen molar-refractivity contribution in [3.05, 3.63) is 84.6 Å². The van der Waals surface area contributed by atoms with Gasteiger partial charge >= 0.3 is 0 Å². The van der Waals surface area contributed by atoms with Gasteiger partial charge in [-0.05, 0) is 42.3 Å². The molecule has 10 heteroatoms. The maximum absolute atomic E-state index is 15.1. The molecule has 1 N–H and O–H groups in total. The molecule has 1 fully saturated rings. The van der Waals surface area contributed by atoms with Crippen LogP contribution in [0.4, 0.5) is 10.1 Å². The fourth-order valence-electron chi connectivity index (χ4n) is 4.62. The van der Waals surface area contributed by atoms with Gasteiger partial charge in [0.2, 0.25) is 5.82 Å². The summed E-state index contributed by atoms with van der Waals surface area (Å²) in [5.74, 6) is -1.10. The quantitative estimate of drug-likeness (QED) is 0.385. The Hall–Kier alpha value is -4.34.